The summed E-state index contributed by atoms with van der Waals surface area (Å²) >= 11 is 2.49. The third-order valence-corrected chi connectivity index (χ3v) is 3.53. The monoisotopic (exact) mass is 227 g/mol. The van der Waals surface area contributed by atoms with Crippen LogP contribution < -0.4 is 0 Å². The fraction of sp³-hybridized carbons (Fsp3) is 0.143. The van der Waals surface area contributed by atoms with Gasteiger partial charge in [-0.3, -0.25) is 10.1 Å². The molecule has 14 heavy (non-hydrogen) atoms. The minimum Gasteiger partial charge on any atom is -0.257 e. The van der Waals surface area contributed by atoms with Crippen molar-refractivity contribution in [3.8, 4) is 10.0 Å². The number of nitro groups is 1. The highest BCUT2D eigenvalue weighted by molar-refractivity contribution is 7.22. The smallest absolute Gasteiger partial charge is 0.257 e. The van der Waals surface area contributed by atoms with E-state index >= 15 is 0 Å². The molecule has 0 saturated heterocycles. The van der Waals surface area contributed by atoms with Crippen LogP contribution in [0.25, 0.3) is 10.0 Å². The van der Waals surface area contributed by atoms with E-state index in [4.69, 9.17) is 0 Å². The molecule has 2 aromatic heterocycles. The van der Waals surface area contributed by atoms with Crippen molar-refractivity contribution in [2.24, 2.45) is 0 Å². The van der Waals surface area contributed by atoms with E-state index in [9.17, 15) is 10.1 Å². The quantitative estimate of drug-likeness (QED) is 0.583. The molecular formula is C7H5N3O2S2. The second-order valence-electron chi connectivity index (χ2n) is 2.55. The molecule has 0 unspecified atom stereocenters. The first-order chi connectivity index (χ1) is 6.66. The molecule has 0 fully saturated rings. The Kier molecular flexibility index (Phi) is 2.26. The number of hydrogen-bond donors (Lipinski definition) is 0. The third kappa shape index (κ3) is 1.64. The lowest BCUT2D eigenvalue weighted by atomic mass is 10.6. The minimum atomic E-state index is -0.443. The van der Waals surface area contributed by atoms with Crippen LogP contribution in [0.15, 0.2) is 11.6 Å². The number of hydrogen-bond acceptors (Lipinski definition) is 6. The van der Waals surface area contributed by atoms with Crippen LogP contribution >= 0.6 is 22.7 Å². The second-order valence-corrected chi connectivity index (χ2v) is 4.42. The van der Waals surface area contributed by atoms with Crippen LogP contribution in [0.5, 0.6) is 0 Å². The van der Waals surface area contributed by atoms with Gasteiger partial charge in [0.05, 0.1) is 4.92 Å². The van der Waals surface area contributed by atoms with Gasteiger partial charge in [0.2, 0.25) is 0 Å². The molecule has 0 aliphatic rings. The summed E-state index contributed by atoms with van der Waals surface area (Å²) in [7, 11) is 0. The molecule has 0 atom stereocenters. The van der Waals surface area contributed by atoms with Gasteiger partial charge in [-0.2, -0.15) is 0 Å². The topological polar surface area (TPSA) is 68.9 Å². The van der Waals surface area contributed by atoms with Gasteiger partial charge in [0.1, 0.15) is 6.20 Å². The first-order valence-corrected chi connectivity index (χ1v) is 5.39. The van der Waals surface area contributed by atoms with Crippen LogP contribution in [-0.4, -0.2) is 14.9 Å². The molecule has 7 heteroatoms. The van der Waals surface area contributed by atoms with Gasteiger partial charge >= 0.3 is 5.00 Å². The van der Waals surface area contributed by atoms with Gasteiger partial charge in [-0.25, -0.2) is 9.97 Å². The van der Waals surface area contributed by atoms with Crippen LogP contribution in [0.3, 0.4) is 0 Å². The number of thiazole rings is 2. The molecule has 0 N–H and O–H groups in total. The van der Waals surface area contributed by atoms with Crippen molar-refractivity contribution in [3.63, 3.8) is 0 Å². The predicted octanol–water partition coefficient (Wildman–Crippen LogP) is 2.48. The zero-order valence-electron chi connectivity index (χ0n) is 7.13. The first-order valence-electron chi connectivity index (χ1n) is 3.69. The van der Waals surface area contributed by atoms with Gasteiger partial charge in [0.15, 0.2) is 10.0 Å². The number of rotatable bonds is 2. The molecule has 0 spiro atoms. The van der Waals surface area contributed by atoms with Crippen molar-refractivity contribution in [2.45, 2.75) is 6.92 Å². The summed E-state index contributed by atoms with van der Waals surface area (Å²) in [5.41, 5.74) is 0.905. The average molecular weight is 227 g/mol. The van der Waals surface area contributed by atoms with Crippen LogP contribution in [0.2, 0.25) is 0 Å². The Balaban J connectivity index is 2.38. The summed E-state index contributed by atoms with van der Waals surface area (Å²) in [6, 6.07) is 0. The van der Waals surface area contributed by atoms with Gasteiger partial charge in [-0.05, 0) is 18.3 Å². The molecule has 0 aliphatic heterocycles. The lowest BCUT2D eigenvalue weighted by Gasteiger charge is -1.83. The Morgan fingerprint density at radius 1 is 1.50 bits per heavy atom. The predicted molar refractivity (Wildman–Crippen MR) is 54.6 cm³/mol. The number of aryl methyl sites for hydroxylation is 1. The van der Waals surface area contributed by atoms with Crippen LogP contribution in [-0.2, 0) is 0 Å². The fourth-order valence-corrected chi connectivity index (χ4v) is 2.47. The van der Waals surface area contributed by atoms with E-state index in [0.717, 1.165) is 22.0 Å². The number of nitrogens with zero attached hydrogens (tertiary/aromatic N) is 3. The summed E-state index contributed by atoms with van der Waals surface area (Å²) < 4.78 is 0. The van der Waals surface area contributed by atoms with Crippen molar-refractivity contribution in [1.29, 1.82) is 0 Å². The van der Waals surface area contributed by atoms with E-state index in [1.165, 1.54) is 17.5 Å². The summed E-state index contributed by atoms with van der Waals surface area (Å²) in [4.78, 5) is 18.1. The average Bonchev–Trinajstić information content (AvgIpc) is 2.70. The standard InChI is InChI=1S/C7H5N3O2S2/c1-4-3-13-7(9-4)6-8-2-5(14-6)10(11)12/h2-3H,1H3. The van der Waals surface area contributed by atoms with Crippen molar-refractivity contribution < 1.29 is 4.92 Å². The molecule has 0 radical (unpaired) electrons. The highest BCUT2D eigenvalue weighted by atomic mass is 32.1. The molecule has 0 aromatic carbocycles. The molecule has 0 bridgehead atoms. The maximum atomic E-state index is 10.4. The molecule has 2 rings (SSSR count). The Bertz CT molecular complexity index is 477. The first kappa shape index (κ1) is 9.22. The van der Waals surface area contributed by atoms with E-state index in [-0.39, 0.29) is 5.00 Å². The van der Waals surface area contributed by atoms with Crippen LogP contribution in [0.4, 0.5) is 5.00 Å². The van der Waals surface area contributed by atoms with E-state index < -0.39 is 4.92 Å². The number of aromatic nitrogens is 2. The summed E-state index contributed by atoms with van der Waals surface area (Å²) in [6.45, 7) is 1.88. The molecule has 2 heterocycles. The fourth-order valence-electron chi connectivity index (χ4n) is 0.901. The van der Waals surface area contributed by atoms with Crippen LogP contribution in [0, 0.1) is 17.0 Å². The Morgan fingerprint density at radius 3 is 2.79 bits per heavy atom. The van der Waals surface area contributed by atoms with E-state index in [0.29, 0.717) is 5.01 Å². The largest absolute Gasteiger partial charge is 0.344 e. The molecular weight excluding hydrogens is 222 g/mol. The van der Waals surface area contributed by atoms with Gasteiger partial charge in [-0.1, -0.05) is 0 Å². The molecule has 2 aromatic rings. The highest BCUT2D eigenvalue weighted by Crippen LogP contribution is 2.31. The van der Waals surface area contributed by atoms with Gasteiger partial charge in [0, 0.05) is 11.1 Å². The lowest BCUT2D eigenvalue weighted by molar-refractivity contribution is -0.380. The molecule has 0 amide bonds. The van der Waals surface area contributed by atoms with Gasteiger partial charge in [-0.15, -0.1) is 11.3 Å². The van der Waals surface area contributed by atoms with Gasteiger partial charge < -0.3 is 0 Å². The zero-order valence-corrected chi connectivity index (χ0v) is 8.76. The second kappa shape index (κ2) is 3.43. The Hall–Kier alpha value is -1.34. The van der Waals surface area contributed by atoms with Crippen molar-refractivity contribution in [2.75, 3.05) is 0 Å². The van der Waals surface area contributed by atoms with E-state index in [1.54, 1.807) is 0 Å². The van der Waals surface area contributed by atoms with Crippen molar-refractivity contribution in [1.82, 2.24) is 9.97 Å². The molecule has 0 saturated carbocycles. The molecule has 5 nitrogen and oxygen atoms in total. The lowest BCUT2D eigenvalue weighted by Crippen LogP contribution is -1.80. The van der Waals surface area contributed by atoms with E-state index in [2.05, 4.69) is 9.97 Å². The molecule has 0 aliphatic carbocycles. The zero-order chi connectivity index (χ0) is 10.1. The van der Waals surface area contributed by atoms with Crippen molar-refractivity contribution >= 4 is 27.7 Å². The maximum absolute atomic E-state index is 10.4. The van der Waals surface area contributed by atoms with E-state index in [1.807, 2.05) is 12.3 Å². The highest BCUT2D eigenvalue weighted by Gasteiger charge is 2.14. The van der Waals surface area contributed by atoms with Crippen molar-refractivity contribution in [3.05, 3.63) is 27.4 Å². The third-order valence-electron chi connectivity index (χ3n) is 1.48. The van der Waals surface area contributed by atoms with Crippen LogP contribution in [0.1, 0.15) is 5.69 Å². The normalized spacial score (nSPS) is 10.4. The summed E-state index contributed by atoms with van der Waals surface area (Å²) in [5.74, 6) is 0. The molecule has 72 valence electrons. The summed E-state index contributed by atoms with van der Waals surface area (Å²) in [6.07, 6.45) is 1.26. The Labute approximate surface area is 87.2 Å². The Morgan fingerprint density at radius 2 is 2.29 bits per heavy atom. The van der Waals surface area contributed by atoms with Gasteiger partial charge in [0.25, 0.3) is 0 Å². The SMILES string of the molecule is Cc1csc(-c2ncc([N+](=O)[O-])s2)n1. The summed E-state index contributed by atoms with van der Waals surface area (Å²) in [5, 5.41) is 13.7. The maximum Gasteiger partial charge on any atom is 0.344 e. The minimum absolute atomic E-state index is 0.0489.